The van der Waals surface area contributed by atoms with Crippen LogP contribution in [0.25, 0.3) is 0 Å². The highest BCUT2D eigenvalue weighted by Gasteiger charge is 2.07. The summed E-state index contributed by atoms with van der Waals surface area (Å²) in [6.07, 6.45) is 0.223. The maximum absolute atomic E-state index is 10.4. The molecule has 0 aliphatic carbocycles. The van der Waals surface area contributed by atoms with E-state index in [2.05, 4.69) is 15.9 Å². The van der Waals surface area contributed by atoms with Gasteiger partial charge in [-0.1, -0.05) is 35.0 Å². The Balaban J connectivity index is 2.36. The third-order valence-corrected chi connectivity index (χ3v) is 3.67. The van der Waals surface area contributed by atoms with Crippen molar-refractivity contribution in [2.75, 3.05) is 0 Å². The minimum atomic E-state index is -0.731. The predicted octanol–water partition coefficient (Wildman–Crippen LogP) is 3.55. The molecule has 1 atom stereocenters. The Labute approximate surface area is 102 Å². The quantitative estimate of drug-likeness (QED) is 0.900. The lowest BCUT2D eigenvalue weighted by atomic mass is 10.2. The third-order valence-electron chi connectivity index (χ3n) is 1.91. The molecule has 4 heteroatoms. The van der Waals surface area contributed by atoms with E-state index in [1.165, 1.54) is 5.56 Å². The van der Waals surface area contributed by atoms with Gasteiger partial charge >= 0.3 is 5.97 Å². The summed E-state index contributed by atoms with van der Waals surface area (Å²) in [5.41, 5.74) is 1.22. The largest absolute Gasteiger partial charge is 0.481 e. The summed E-state index contributed by atoms with van der Waals surface area (Å²) in [4.78, 5) is 10.4. The lowest BCUT2D eigenvalue weighted by Gasteiger charge is -2.08. The fraction of sp³-hybridized carbons (Fsp3) is 0.364. The molecule has 0 aromatic heterocycles. The number of aliphatic carboxylic acids is 1. The summed E-state index contributed by atoms with van der Waals surface area (Å²) in [5, 5.41) is 8.76. The zero-order valence-corrected chi connectivity index (χ0v) is 10.8. The van der Waals surface area contributed by atoms with Gasteiger partial charge in [0.15, 0.2) is 0 Å². The van der Waals surface area contributed by atoms with Crippen LogP contribution in [0.15, 0.2) is 28.7 Å². The highest BCUT2D eigenvalue weighted by atomic mass is 79.9. The van der Waals surface area contributed by atoms with Gasteiger partial charge in [-0.05, 0) is 17.7 Å². The average Bonchev–Trinajstić information content (AvgIpc) is 2.16. The van der Waals surface area contributed by atoms with Gasteiger partial charge in [0.25, 0.3) is 0 Å². The first-order chi connectivity index (χ1) is 7.08. The predicted molar refractivity (Wildman–Crippen MR) is 67.2 cm³/mol. The topological polar surface area (TPSA) is 37.3 Å². The van der Waals surface area contributed by atoms with E-state index in [1.54, 1.807) is 11.8 Å². The van der Waals surface area contributed by atoms with Gasteiger partial charge in [0.05, 0.1) is 6.42 Å². The first kappa shape index (κ1) is 12.6. The van der Waals surface area contributed by atoms with Crippen LogP contribution in [0.4, 0.5) is 0 Å². The monoisotopic (exact) mass is 288 g/mol. The average molecular weight is 289 g/mol. The summed E-state index contributed by atoms with van der Waals surface area (Å²) in [5.74, 6) is 0.132. The molecule has 0 bridgehead atoms. The van der Waals surface area contributed by atoms with Crippen LogP contribution in [0.1, 0.15) is 18.9 Å². The maximum Gasteiger partial charge on any atom is 0.304 e. The normalized spacial score (nSPS) is 12.4. The molecule has 1 unspecified atom stereocenters. The van der Waals surface area contributed by atoms with E-state index in [9.17, 15) is 4.79 Å². The highest BCUT2D eigenvalue weighted by Crippen LogP contribution is 2.21. The second-order valence-corrected chi connectivity index (χ2v) is 5.69. The van der Waals surface area contributed by atoms with E-state index >= 15 is 0 Å². The lowest BCUT2D eigenvalue weighted by molar-refractivity contribution is -0.136. The molecule has 15 heavy (non-hydrogen) atoms. The van der Waals surface area contributed by atoms with Gasteiger partial charge in [-0.15, -0.1) is 0 Å². The number of benzene rings is 1. The smallest absolute Gasteiger partial charge is 0.304 e. The molecule has 2 nitrogen and oxygen atoms in total. The van der Waals surface area contributed by atoms with Crippen LogP contribution in [0.5, 0.6) is 0 Å². The molecule has 1 aromatic carbocycles. The number of halogens is 1. The van der Waals surface area contributed by atoms with E-state index in [0.717, 1.165) is 10.2 Å². The van der Waals surface area contributed by atoms with Crippen LogP contribution in [0.2, 0.25) is 0 Å². The van der Waals surface area contributed by atoms with E-state index in [4.69, 9.17) is 5.11 Å². The molecule has 1 rings (SSSR count). The fourth-order valence-corrected chi connectivity index (χ4v) is 2.32. The Hall–Kier alpha value is -0.480. The van der Waals surface area contributed by atoms with Crippen molar-refractivity contribution in [3.63, 3.8) is 0 Å². The standard InChI is InChI=1S/C11H13BrO2S/c1-8(6-11(13)14)15-7-9-2-4-10(12)5-3-9/h2-5,8H,6-7H2,1H3,(H,13,14). The molecule has 0 saturated heterocycles. The van der Waals surface area contributed by atoms with Gasteiger partial charge in [-0.3, -0.25) is 4.79 Å². The van der Waals surface area contributed by atoms with Crippen molar-refractivity contribution in [3.05, 3.63) is 34.3 Å². The Kier molecular flexibility index (Phi) is 5.19. The van der Waals surface area contributed by atoms with Gasteiger partial charge in [-0.25, -0.2) is 0 Å². The van der Waals surface area contributed by atoms with Gasteiger partial charge < -0.3 is 5.11 Å². The molecular formula is C11H13BrO2S. The molecular weight excluding hydrogens is 276 g/mol. The summed E-state index contributed by atoms with van der Waals surface area (Å²) in [6.45, 7) is 1.94. The number of carbonyl (C=O) groups is 1. The molecule has 1 aromatic rings. The van der Waals surface area contributed by atoms with Gasteiger partial charge in [0, 0.05) is 15.5 Å². The SMILES string of the molecule is CC(CC(=O)O)SCc1ccc(Br)cc1. The van der Waals surface area contributed by atoms with Gasteiger partial charge in [0.1, 0.15) is 0 Å². The van der Waals surface area contributed by atoms with E-state index in [-0.39, 0.29) is 11.7 Å². The molecule has 0 aliphatic rings. The highest BCUT2D eigenvalue weighted by molar-refractivity contribution is 9.10. The van der Waals surface area contributed by atoms with Crippen molar-refractivity contribution >= 4 is 33.7 Å². The molecule has 0 amide bonds. The Morgan fingerprint density at radius 1 is 1.47 bits per heavy atom. The molecule has 0 saturated carbocycles. The van der Waals surface area contributed by atoms with Crippen LogP contribution in [-0.4, -0.2) is 16.3 Å². The summed E-state index contributed by atoms with van der Waals surface area (Å²) in [6, 6.07) is 8.09. The van der Waals surface area contributed by atoms with Crippen molar-refractivity contribution < 1.29 is 9.90 Å². The molecule has 0 spiro atoms. The van der Waals surface area contributed by atoms with E-state index in [0.29, 0.717) is 0 Å². The van der Waals surface area contributed by atoms with E-state index < -0.39 is 5.97 Å². The molecule has 0 aliphatic heterocycles. The summed E-state index contributed by atoms with van der Waals surface area (Å²) in [7, 11) is 0. The van der Waals surface area contributed by atoms with Crippen LogP contribution < -0.4 is 0 Å². The molecule has 0 fully saturated rings. The van der Waals surface area contributed by atoms with E-state index in [1.807, 2.05) is 31.2 Å². The zero-order valence-electron chi connectivity index (χ0n) is 8.44. The van der Waals surface area contributed by atoms with Crippen molar-refractivity contribution in [2.24, 2.45) is 0 Å². The zero-order chi connectivity index (χ0) is 11.3. The van der Waals surface area contributed by atoms with Crippen molar-refractivity contribution in [1.82, 2.24) is 0 Å². The number of hydrogen-bond acceptors (Lipinski definition) is 2. The molecule has 0 radical (unpaired) electrons. The number of carboxylic acids is 1. The Bertz CT molecular complexity index is 324. The van der Waals surface area contributed by atoms with Crippen LogP contribution >= 0.6 is 27.7 Å². The maximum atomic E-state index is 10.4. The minimum absolute atomic E-state index is 0.158. The first-order valence-electron chi connectivity index (χ1n) is 4.66. The number of hydrogen-bond donors (Lipinski definition) is 1. The van der Waals surface area contributed by atoms with Gasteiger partial charge in [-0.2, -0.15) is 11.8 Å². The second kappa shape index (κ2) is 6.18. The number of rotatable bonds is 5. The fourth-order valence-electron chi connectivity index (χ4n) is 1.12. The summed E-state index contributed by atoms with van der Waals surface area (Å²) < 4.78 is 1.06. The molecule has 1 N–H and O–H groups in total. The van der Waals surface area contributed by atoms with Crippen LogP contribution in [0.3, 0.4) is 0 Å². The molecule has 82 valence electrons. The van der Waals surface area contributed by atoms with Crippen LogP contribution in [-0.2, 0) is 10.5 Å². The van der Waals surface area contributed by atoms with Gasteiger partial charge in [0.2, 0.25) is 0 Å². The minimum Gasteiger partial charge on any atom is -0.481 e. The van der Waals surface area contributed by atoms with Crippen molar-refractivity contribution in [2.45, 2.75) is 24.3 Å². The van der Waals surface area contributed by atoms with Crippen molar-refractivity contribution in [3.8, 4) is 0 Å². The second-order valence-electron chi connectivity index (χ2n) is 3.35. The molecule has 0 heterocycles. The van der Waals surface area contributed by atoms with Crippen LogP contribution in [0, 0.1) is 0 Å². The Morgan fingerprint density at radius 3 is 2.60 bits per heavy atom. The Morgan fingerprint density at radius 2 is 2.07 bits per heavy atom. The lowest BCUT2D eigenvalue weighted by Crippen LogP contribution is -2.05. The first-order valence-corrected chi connectivity index (χ1v) is 6.50. The number of carboxylic acid groups (broad SMARTS) is 1. The third kappa shape index (κ3) is 5.23. The number of thioether (sulfide) groups is 1. The summed E-state index contributed by atoms with van der Waals surface area (Å²) >= 11 is 5.04. The van der Waals surface area contributed by atoms with Crippen molar-refractivity contribution in [1.29, 1.82) is 0 Å².